The Labute approximate surface area is 132 Å². The van der Waals surface area contributed by atoms with Gasteiger partial charge in [0.05, 0.1) is 12.1 Å². The Kier molecular flexibility index (Phi) is 4.67. The van der Waals surface area contributed by atoms with Crippen molar-refractivity contribution in [1.29, 1.82) is 0 Å². The molecule has 0 aliphatic carbocycles. The van der Waals surface area contributed by atoms with E-state index in [2.05, 4.69) is 31.0 Å². The van der Waals surface area contributed by atoms with Gasteiger partial charge in [-0.2, -0.15) is 0 Å². The number of halogens is 1. The number of aliphatic hydroxyl groups excluding tert-OH is 1. The van der Waals surface area contributed by atoms with Crippen LogP contribution in [0.3, 0.4) is 0 Å². The topological polar surface area (TPSA) is 62.4 Å². The summed E-state index contributed by atoms with van der Waals surface area (Å²) in [5.74, 6) is 1.52. The van der Waals surface area contributed by atoms with Gasteiger partial charge in [-0.05, 0) is 53.4 Å². The maximum atomic E-state index is 9.27. The molecule has 1 unspecified atom stereocenters. The zero-order chi connectivity index (χ0) is 14.7. The van der Waals surface area contributed by atoms with Crippen LogP contribution in [0.25, 0.3) is 11.5 Å². The highest BCUT2D eigenvalue weighted by molar-refractivity contribution is 9.10. The molecule has 1 aromatic carbocycles. The zero-order valence-corrected chi connectivity index (χ0v) is 13.3. The zero-order valence-electron chi connectivity index (χ0n) is 11.7. The summed E-state index contributed by atoms with van der Waals surface area (Å²) in [6.45, 7) is 2.81. The summed E-state index contributed by atoms with van der Waals surface area (Å²) in [6.07, 6.45) is 2.20. The number of hydrogen-bond acceptors (Lipinski definition) is 5. The summed E-state index contributed by atoms with van der Waals surface area (Å²) in [5.41, 5.74) is 0.906. The molecular weight excluding hydrogens is 334 g/mol. The first kappa shape index (κ1) is 14.7. The molecule has 21 heavy (non-hydrogen) atoms. The summed E-state index contributed by atoms with van der Waals surface area (Å²) < 4.78 is 6.71. The SMILES string of the molecule is OCC1CCCN(Cc2nnc(-c3ccccc3Br)o2)C1. The van der Waals surface area contributed by atoms with Crippen LogP contribution in [-0.2, 0) is 6.54 Å². The van der Waals surface area contributed by atoms with Gasteiger partial charge < -0.3 is 9.52 Å². The average molecular weight is 352 g/mol. The second-order valence-electron chi connectivity index (χ2n) is 5.41. The van der Waals surface area contributed by atoms with Crippen molar-refractivity contribution in [1.82, 2.24) is 15.1 Å². The molecule has 112 valence electrons. The van der Waals surface area contributed by atoms with Crippen molar-refractivity contribution in [3.05, 3.63) is 34.6 Å². The summed E-state index contributed by atoms with van der Waals surface area (Å²) in [4.78, 5) is 2.27. The summed E-state index contributed by atoms with van der Waals surface area (Å²) in [6, 6.07) is 7.80. The first-order chi connectivity index (χ1) is 10.3. The molecule has 1 aromatic heterocycles. The lowest BCUT2D eigenvalue weighted by Gasteiger charge is -2.30. The molecule has 0 amide bonds. The summed E-state index contributed by atoms with van der Waals surface area (Å²) in [7, 11) is 0. The number of piperidine rings is 1. The number of nitrogens with zero attached hydrogens (tertiary/aromatic N) is 3. The first-order valence-corrected chi connectivity index (χ1v) is 7.96. The van der Waals surface area contributed by atoms with Crippen LogP contribution >= 0.6 is 15.9 Å². The Morgan fingerprint density at radius 2 is 2.19 bits per heavy atom. The maximum Gasteiger partial charge on any atom is 0.248 e. The molecule has 2 aromatic rings. The molecule has 1 N–H and O–H groups in total. The van der Waals surface area contributed by atoms with Gasteiger partial charge in [0.25, 0.3) is 0 Å². The van der Waals surface area contributed by atoms with Crippen molar-refractivity contribution in [3.8, 4) is 11.5 Å². The minimum absolute atomic E-state index is 0.253. The maximum absolute atomic E-state index is 9.27. The number of rotatable bonds is 4. The number of benzene rings is 1. The third kappa shape index (κ3) is 3.51. The van der Waals surface area contributed by atoms with Gasteiger partial charge in [0.15, 0.2) is 0 Å². The number of aliphatic hydroxyl groups is 1. The van der Waals surface area contributed by atoms with Crippen molar-refractivity contribution < 1.29 is 9.52 Å². The molecule has 1 fully saturated rings. The standard InChI is InChI=1S/C15H18BrN3O2/c16-13-6-2-1-5-12(13)15-18-17-14(21-15)9-19-7-3-4-11(8-19)10-20/h1-2,5-6,11,20H,3-4,7-10H2. The van der Waals surface area contributed by atoms with E-state index in [1.54, 1.807) is 0 Å². The van der Waals surface area contributed by atoms with Gasteiger partial charge >= 0.3 is 0 Å². The van der Waals surface area contributed by atoms with Crippen LogP contribution in [0.15, 0.2) is 33.2 Å². The lowest BCUT2D eigenvalue weighted by atomic mass is 9.99. The van der Waals surface area contributed by atoms with E-state index in [-0.39, 0.29) is 6.61 Å². The Morgan fingerprint density at radius 1 is 1.33 bits per heavy atom. The van der Waals surface area contributed by atoms with Gasteiger partial charge in [-0.15, -0.1) is 10.2 Å². The van der Waals surface area contributed by atoms with E-state index in [1.807, 2.05) is 24.3 Å². The van der Waals surface area contributed by atoms with E-state index in [0.29, 0.717) is 24.2 Å². The Hall–Kier alpha value is -1.24. The van der Waals surface area contributed by atoms with E-state index in [1.165, 1.54) is 0 Å². The van der Waals surface area contributed by atoms with Gasteiger partial charge in [0, 0.05) is 17.6 Å². The van der Waals surface area contributed by atoms with Crippen LogP contribution in [-0.4, -0.2) is 39.9 Å². The first-order valence-electron chi connectivity index (χ1n) is 7.17. The van der Waals surface area contributed by atoms with Crippen LogP contribution in [0, 0.1) is 5.92 Å². The van der Waals surface area contributed by atoms with E-state index in [0.717, 1.165) is 36.0 Å². The highest BCUT2D eigenvalue weighted by atomic mass is 79.9. The normalized spacial score (nSPS) is 19.8. The van der Waals surface area contributed by atoms with E-state index in [4.69, 9.17) is 4.42 Å². The molecular formula is C15H18BrN3O2. The van der Waals surface area contributed by atoms with Crippen LogP contribution in [0.1, 0.15) is 18.7 Å². The summed E-state index contributed by atoms with van der Waals surface area (Å²) in [5, 5.41) is 17.5. The van der Waals surface area contributed by atoms with E-state index < -0.39 is 0 Å². The molecule has 3 rings (SSSR count). The van der Waals surface area contributed by atoms with Gasteiger partial charge in [-0.3, -0.25) is 4.90 Å². The number of hydrogen-bond donors (Lipinski definition) is 1. The summed E-state index contributed by atoms with van der Waals surface area (Å²) >= 11 is 3.49. The highest BCUT2D eigenvalue weighted by Gasteiger charge is 2.21. The molecule has 0 saturated carbocycles. The predicted octanol–water partition coefficient (Wildman–Crippen LogP) is 2.70. The van der Waals surface area contributed by atoms with Gasteiger partial charge in [-0.25, -0.2) is 0 Å². The largest absolute Gasteiger partial charge is 0.419 e. The Bertz CT molecular complexity index is 602. The van der Waals surface area contributed by atoms with Crippen molar-refractivity contribution in [2.45, 2.75) is 19.4 Å². The molecule has 2 heterocycles. The molecule has 0 radical (unpaired) electrons. The van der Waals surface area contributed by atoms with Gasteiger partial charge in [0.2, 0.25) is 11.8 Å². The van der Waals surface area contributed by atoms with Crippen LogP contribution < -0.4 is 0 Å². The van der Waals surface area contributed by atoms with Crippen LogP contribution in [0.2, 0.25) is 0 Å². The molecule has 5 nitrogen and oxygen atoms in total. The smallest absolute Gasteiger partial charge is 0.248 e. The molecule has 1 atom stereocenters. The van der Waals surface area contributed by atoms with E-state index in [9.17, 15) is 5.11 Å². The molecule has 0 bridgehead atoms. The molecule has 1 saturated heterocycles. The Morgan fingerprint density at radius 3 is 3.00 bits per heavy atom. The Balaban J connectivity index is 1.69. The van der Waals surface area contributed by atoms with Crippen molar-refractivity contribution >= 4 is 15.9 Å². The minimum Gasteiger partial charge on any atom is -0.419 e. The highest BCUT2D eigenvalue weighted by Crippen LogP contribution is 2.27. The molecule has 1 aliphatic rings. The van der Waals surface area contributed by atoms with Crippen molar-refractivity contribution in [2.75, 3.05) is 19.7 Å². The third-order valence-corrected chi connectivity index (χ3v) is 4.48. The van der Waals surface area contributed by atoms with Crippen molar-refractivity contribution in [3.63, 3.8) is 0 Å². The fourth-order valence-electron chi connectivity index (χ4n) is 2.70. The second kappa shape index (κ2) is 6.68. The molecule has 0 spiro atoms. The minimum atomic E-state index is 0.253. The molecule has 1 aliphatic heterocycles. The fourth-order valence-corrected chi connectivity index (χ4v) is 3.15. The lowest BCUT2D eigenvalue weighted by molar-refractivity contribution is 0.109. The van der Waals surface area contributed by atoms with Crippen LogP contribution in [0.4, 0.5) is 0 Å². The number of likely N-dealkylation sites (tertiary alicyclic amines) is 1. The fraction of sp³-hybridized carbons (Fsp3) is 0.467. The van der Waals surface area contributed by atoms with Crippen LogP contribution in [0.5, 0.6) is 0 Å². The monoisotopic (exact) mass is 351 g/mol. The van der Waals surface area contributed by atoms with Crippen molar-refractivity contribution in [2.24, 2.45) is 5.92 Å². The molecule has 6 heteroatoms. The predicted molar refractivity (Wildman–Crippen MR) is 82.5 cm³/mol. The number of aromatic nitrogens is 2. The second-order valence-corrected chi connectivity index (χ2v) is 6.26. The average Bonchev–Trinajstić information content (AvgIpc) is 2.96. The van der Waals surface area contributed by atoms with Gasteiger partial charge in [-0.1, -0.05) is 12.1 Å². The quantitative estimate of drug-likeness (QED) is 0.917. The lowest BCUT2D eigenvalue weighted by Crippen LogP contribution is -2.36. The van der Waals surface area contributed by atoms with E-state index >= 15 is 0 Å². The third-order valence-electron chi connectivity index (χ3n) is 3.79. The van der Waals surface area contributed by atoms with Gasteiger partial charge in [0.1, 0.15) is 0 Å².